The van der Waals surface area contributed by atoms with E-state index in [1.165, 1.54) is 11.3 Å². The number of thiophene rings is 1. The molecule has 4 nitrogen and oxygen atoms in total. The molecule has 1 atom stereocenters. The van der Waals surface area contributed by atoms with Gasteiger partial charge in [-0.25, -0.2) is 0 Å². The quantitative estimate of drug-likeness (QED) is 0.846. The van der Waals surface area contributed by atoms with E-state index in [-0.39, 0.29) is 30.0 Å². The van der Waals surface area contributed by atoms with Crippen LogP contribution >= 0.6 is 11.3 Å². The Bertz CT molecular complexity index is 802. The second-order valence-corrected chi connectivity index (χ2v) is 7.75. The lowest BCUT2D eigenvalue weighted by Gasteiger charge is -2.40. The van der Waals surface area contributed by atoms with Crippen molar-refractivity contribution in [3.63, 3.8) is 0 Å². The maximum Gasteiger partial charge on any atom is 0.177 e. The van der Waals surface area contributed by atoms with Crippen LogP contribution in [0.5, 0.6) is 0 Å². The van der Waals surface area contributed by atoms with Crippen LogP contribution in [0.1, 0.15) is 37.5 Å². The van der Waals surface area contributed by atoms with Gasteiger partial charge in [-0.05, 0) is 22.4 Å². The van der Waals surface area contributed by atoms with E-state index in [1.54, 1.807) is 0 Å². The van der Waals surface area contributed by atoms with Gasteiger partial charge in [-0.2, -0.15) is 10.5 Å². The number of rotatable bonds is 1. The Labute approximate surface area is 139 Å². The van der Waals surface area contributed by atoms with E-state index in [0.717, 1.165) is 4.88 Å². The van der Waals surface area contributed by atoms with Crippen molar-refractivity contribution in [1.82, 2.24) is 0 Å². The fourth-order valence-corrected chi connectivity index (χ4v) is 4.43. The smallest absolute Gasteiger partial charge is 0.177 e. The van der Waals surface area contributed by atoms with Crippen molar-refractivity contribution in [3.8, 4) is 12.1 Å². The first kappa shape index (κ1) is 15.5. The first-order chi connectivity index (χ1) is 10.8. The highest BCUT2D eigenvalue weighted by molar-refractivity contribution is 7.10. The number of hydrogen-bond acceptors (Lipinski definition) is 5. The molecule has 2 aliphatic rings. The van der Waals surface area contributed by atoms with Crippen LogP contribution in [0.15, 0.2) is 40.5 Å². The lowest BCUT2D eigenvalue weighted by Crippen LogP contribution is -2.39. The Balaban J connectivity index is 2.31. The largest absolute Gasteiger partial charge is 0.512 e. The molecular formula is C18H16N2O2S. The van der Waals surface area contributed by atoms with E-state index in [4.69, 9.17) is 0 Å². The summed E-state index contributed by atoms with van der Waals surface area (Å²) in [6, 6.07) is 8.06. The van der Waals surface area contributed by atoms with Crippen molar-refractivity contribution in [1.29, 1.82) is 10.5 Å². The molecule has 2 aliphatic carbocycles. The molecule has 0 spiro atoms. The zero-order valence-corrected chi connectivity index (χ0v) is 13.8. The standard InChI is InChI=1S/C18H16N2O2S/c1-17(2)7-12-16(14(22)8-17)13(21)6-11(15-4-3-5-23-15)18(12,9-19)10-20/h3-5,7,11,21H,6,8H2,1-2H3/t11-/m1/s1. The normalized spacial score (nSPS) is 25.1. The van der Waals surface area contributed by atoms with Crippen LogP contribution < -0.4 is 0 Å². The summed E-state index contributed by atoms with van der Waals surface area (Å²) < 4.78 is 0. The number of carbonyl (C=O) groups excluding carboxylic acids is 1. The number of Topliss-reactive ketones (excluding diaryl/α,β-unsaturated/α-hetero) is 1. The third-order valence-electron chi connectivity index (χ3n) is 4.57. The Kier molecular flexibility index (Phi) is 3.43. The number of nitriles is 2. The maximum atomic E-state index is 12.5. The average molecular weight is 324 g/mol. The van der Waals surface area contributed by atoms with Gasteiger partial charge in [0.2, 0.25) is 0 Å². The molecule has 23 heavy (non-hydrogen) atoms. The molecule has 5 heteroatoms. The number of nitrogens with zero attached hydrogens (tertiary/aromatic N) is 2. The minimum absolute atomic E-state index is 0.00345. The van der Waals surface area contributed by atoms with Gasteiger partial charge in [-0.15, -0.1) is 11.3 Å². The molecule has 0 unspecified atom stereocenters. The van der Waals surface area contributed by atoms with E-state index >= 15 is 0 Å². The van der Waals surface area contributed by atoms with E-state index < -0.39 is 16.7 Å². The van der Waals surface area contributed by atoms with Gasteiger partial charge < -0.3 is 5.11 Å². The predicted octanol–water partition coefficient (Wildman–Crippen LogP) is 4.01. The summed E-state index contributed by atoms with van der Waals surface area (Å²) in [5.41, 5.74) is -1.32. The molecule has 3 rings (SSSR count). The summed E-state index contributed by atoms with van der Waals surface area (Å²) in [6.07, 6.45) is 2.24. The van der Waals surface area contributed by atoms with Crippen molar-refractivity contribution in [2.24, 2.45) is 10.8 Å². The third-order valence-corrected chi connectivity index (χ3v) is 5.56. The lowest BCUT2D eigenvalue weighted by atomic mass is 9.59. The molecular weight excluding hydrogens is 308 g/mol. The van der Waals surface area contributed by atoms with E-state index in [0.29, 0.717) is 5.57 Å². The SMILES string of the molecule is CC1(C)C=C2C(=C(O)C[C@H](c3cccs3)C2(C#N)C#N)C(=O)C1. The molecule has 0 amide bonds. The number of hydrogen-bond donors (Lipinski definition) is 1. The van der Waals surface area contributed by atoms with Crippen LogP contribution in [0, 0.1) is 33.5 Å². The van der Waals surface area contributed by atoms with Crippen molar-refractivity contribution >= 4 is 17.1 Å². The zero-order valence-electron chi connectivity index (χ0n) is 13.0. The summed E-state index contributed by atoms with van der Waals surface area (Å²) in [6.45, 7) is 3.81. The van der Waals surface area contributed by atoms with Gasteiger partial charge in [-0.1, -0.05) is 26.0 Å². The third kappa shape index (κ3) is 2.20. The van der Waals surface area contributed by atoms with Gasteiger partial charge in [0.15, 0.2) is 11.2 Å². The number of aliphatic hydroxyl groups is 1. The molecule has 1 heterocycles. The number of allylic oxidation sites excluding steroid dienone is 4. The van der Waals surface area contributed by atoms with Crippen LogP contribution in [-0.4, -0.2) is 10.9 Å². The second-order valence-electron chi connectivity index (χ2n) is 6.77. The summed E-state index contributed by atoms with van der Waals surface area (Å²) in [4.78, 5) is 13.4. The minimum Gasteiger partial charge on any atom is -0.512 e. The van der Waals surface area contributed by atoms with Crippen molar-refractivity contribution < 1.29 is 9.90 Å². The average Bonchev–Trinajstić information content (AvgIpc) is 2.99. The molecule has 0 aliphatic heterocycles. The number of ketones is 1. The van der Waals surface area contributed by atoms with Crippen molar-refractivity contribution in [2.75, 3.05) is 0 Å². The van der Waals surface area contributed by atoms with Crippen LogP contribution in [-0.2, 0) is 4.79 Å². The lowest BCUT2D eigenvalue weighted by molar-refractivity contribution is -0.117. The maximum absolute atomic E-state index is 12.5. The Morgan fingerprint density at radius 3 is 2.61 bits per heavy atom. The number of aliphatic hydroxyl groups excluding tert-OH is 1. The summed E-state index contributed by atoms with van der Waals surface area (Å²) in [5, 5.41) is 32.1. The molecule has 0 saturated carbocycles. The fourth-order valence-electron chi connectivity index (χ4n) is 3.53. The van der Waals surface area contributed by atoms with Gasteiger partial charge in [-0.3, -0.25) is 4.79 Å². The molecule has 0 saturated heterocycles. The Morgan fingerprint density at radius 1 is 1.35 bits per heavy atom. The highest BCUT2D eigenvalue weighted by Gasteiger charge is 2.53. The van der Waals surface area contributed by atoms with Crippen molar-refractivity contribution in [2.45, 2.75) is 32.6 Å². The number of carbonyl (C=O) groups is 1. The molecule has 116 valence electrons. The highest BCUT2D eigenvalue weighted by atomic mass is 32.1. The summed E-state index contributed by atoms with van der Waals surface area (Å²) in [7, 11) is 0. The highest BCUT2D eigenvalue weighted by Crippen LogP contribution is 2.55. The van der Waals surface area contributed by atoms with Gasteiger partial charge in [0.1, 0.15) is 5.76 Å². The first-order valence-corrected chi connectivity index (χ1v) is 8.27. The summed E-state index contributed by atoms with van der Waals surface area (Å²) >= 11 is 1.46. The predicted molar refractivity (Wildman–Crippen MR) is 86.5 cm³/mol. The molecule has 1 aromatic rings. The Morgan fingerprint density at radius 2 is 2.04 bits per heavy atom. The van der Waals surface area contributed by atoms with Crippen molar-refractivity contribution in [3.05, 3.63) is 45.4 Å². The molecule has 0 fully saturated rings. The second kappa shape index (κ2) is 5.08. The van der Waals surface area contributed by atoms with Gasteiger partial charge in [0.05, 0.1) is 17.7 Å². The van der Waals surface area contributed by atoms with Gasteiger partial charge in [0, 0.05) is 23.6 Å². The minimum atomic E-state index is -1.44. The van der Waals surface area contributed by atoms with Gasteiger partial charge >= 0.3 is 0 Å². The molecule has 1 aromatic heterocycles. The van der Waals surface area contributed by atoms with Crippen LogP contribution in [0.4, 0.5) is 0 Å². The first-order valence-electron chi connectivity index (χ1n) is 7.39. The topological polar surface area (TPSA) is 84.9 Å². The summed E-state index contributed by atoms with van der Waals surface area (Å²) in [5.74, 6) is -0.657. The van der Waals surface area contributed by atoms with Crippen LogP contribution in [0.2, 0.25) is 0 Å². The zero-order chi connectivity index (χ0) is 16.8. The van der Waals surface area contributed by atoms with E-state index in [1.807, 2.05) is 37.4 Å². The molecule has 0 bridgehead atoms. The Hall–Kier alpha value is -2.37. The van der Waals surface area contributed by atoms with Crippen LogP contribution in [0.3, 0.4) is 0 Å². The van der Waals surface area contributed by atoms with Gasteiger partial charge in [0.25, 0.3) is 0 Å². The molecule has 0 radical (unpaired) electrons. The fraction of sp³-hybridized carbons (Fsp3) is 0.389. The van der Waals surface area contributed by atoms with E-state index in [2.05, 4.69) is 12.1 Å². The molecule has 1 N–H and O–H groups in total. The molecule has 0 aromatic carbocycles. The number of fused-ring (bicyclic) bond motifs is 1. The monoisotopic (exact) mass is 324 g/mol. The van der Waals surface area contributed by atoms with E-state index in [9.17, 15) is 20.4 Å². The van der Waals surface area contributed by atoms with Crippen LogP contribution in [0.25, 0.3) is 0 Å².